The van der Waals surface area contributed by atoms with Gasteiger partial charge in [0, 0.05) is 18.5 Å². The summed E-state index contributed by atoms with van der Waals surface area (Å²) in [6.07, 6.45) is 3.67. The van der Waals surface area contributed by atoms with E-state index < -0.39 is 0 Å². The van der Waals surface area contributed by atoms with Crippen molar-refractivity contribution in [2.24, 2.45) is 0 Å². The number of anilines is 2. The average molecular weight is 372 g/mol. The molecule has 2 aromatic rings. The van der Waals surface area contributed by atoms with Gasteiger partial charge in [0.25, 0.3) is 5.91 Å². The highest BCUT2D eigenvalue weighted by Gasteiger charge is 2.22. The Labute approximate surface area is 157 Å². The Balaban J connectivity index is 1.72. The van der Waals surface area contributed by atoms with Gasteiger partial charge in [0.05, 0.1) is 22.6 Å². The molecule has 2 heterocycles. The molecule has 1 aliphatic rings. The molecule has 3 rings (SSSR count). The van der Waals surface area contributed by atoms with Crippen molar-refractivity contribution < 1.29 is 9.59 Å². The SMILES string of the molecule is CC(C)(C)c1ncc(C(=O)Nc2ccccc2NC(=O)N2CCCC2)s1. The number of hydrogen-bond donors (Lipinski definition) is 2. The Morgan fingerprint density at radius 3 is 2.27 bits per heavy atom. The molecule has 26 heavy (non-hydrogen) atoms. The van der Waals surface area contributed by atoms with Crippen molar-refractivity contribution in [1.82, 2.24) is 9.88 Å². The van der Waals surface area contributed by atoms with Crippen LogP contribution in [0.4, 0.5) is 16.2 Å². The van der Waals surface area contributed by atoms with Crippen molar-refractivity contribution in [3.8, 4) is 0 Å². The standard InChI is InChI=1S/C19H24N4O2S/c1-19(2,3)17-20-12-15(26-17)16(24)21-13-8-4-5-9-14(13)22-18(25)23-10-6-7-11-23/h4-5,8-9,12H,6-7,10-11H2,1-3H3,(H,21,24)(H,22,25). The number of amides is 3. The van der Waals surface area contributed by atoms with E-state index in [4.69, 9.17) is 0 Å². The molecule has 0 bridgehead atoms. The number of carbonyl (C=O) groups excluding carboxylic acids is 2. The van der Waals surface area contributed by atoms with Crippen LogP contribution in [0.25, 0.3) is 0 Å². The van der Waals surface area contributed by atoms with E-state index in [-0.39, 0.29) is 17.4 Å². The number of nitrogens with one attached hydrogen (secondary N) is 2. The highest BCUT2D eigenvalue weighted by atomic mass is 32.1. The van der Waals surface area contributed by atoms with Crippen LogP contribution in [0.1, 0.15) is 48.3 Å². The molecule has 3 amide bonds. The minimum absolute atomic E-state index is 0.0925. The van der Waals surface area contributed by atoms with Crippen LogP contribution >= 0.6 is 11.3 Å². The summed E-state index contributed by atoms with van der Waals surface area (Å²) in [5.41, 5.74) is 1.08. The number of hydrogen-bond acceptors (Lipinski definition) is 4. The van der Waals surface area contributed by atoms with Gasteiger partial charge in [-0.15, -0.1) is 11.3 Å². The fourth-order valence-electron chi connectivity index (χ4n) is 2.73. The summed E-state index contributed by atoms with van der Waals surface area (Å²) in [6, 6.07) is 7.10. The van der Waals surface area contributed by atoms with Gasteiger partial charge in [0.15, 0.2) is 0 Å². The molecule has 2 N–H and O–H groups in total. The van der Waals surface area contributed by atoms with Gasteiger partial charge in [-0.25, -0.2) is 9.78 Å². The molecule has 0 saturated carbocycles. The third-order valence-corrected chi connectivity index (χ3v) is 5.60. The molecule has 1 aliphatic heterocycles. The van der Waals surface area contributed by atoms with Crippen LogP contribution in [0.2, 0.25) is 0 Å². The monoisotopic (exact) mass is 372 g/mol. The maximum atomic E-state index is 12.6. The number of benzene rings is 1. The van der Waals surface area contributed by atoms with E-state index >= 15 is 0 Å². The van der Waals surface area contributed by atoms with Crippen molar-refractivity contribution in [3.05, 3.63) is 40.3 Å². The maximum Gasteiger partial charge on any atom is 0.321 e. The van der Waals surface area contributed by atoms with E-state index in [0.717, 1.165) is 30.9 Å². The van der Waals surface area contributed by atoms with Crippen molar-refractivity contribution in [2.75, 3.05) is 23.7 Å². The number of urea groups is 1. The van der Waals surface area contributed by atoms with Crippen LogP contribution in [0.15, 0.2) is 30.5 Å². The first-order chi connectivity index (χ1) is 12.3. The number of aromatic nitrogens is 1. The third-order valence-electron chi connectivity index (χ3n) is 4.18. The number of rotatable bonds is 3. The topological polar surface area (TPSA) is 74.3 Å². The minimum Gasteiger partial charge on any atom is -0.325 e. The molecule has 0 radical (unpaired) electrons. The van der Waals surface area contributed by atoms with Gasteiger partial charge < -0.3 is 15.5 Å². The van der Waals surface area contributed by atoms with Gasteiger partial charge in [-0.3, -0.25) is 4.79 Å². The predicted octanol–water partition coefficient (Wildman–Crippen LogP) is 4.32. The highest BCUT2D eigenvalue weighted by molar-refractivity contribution is 7.13. The lowest BCUT2D eigenvalue weighted by atomic mass is 9.98. The molecular weight excluding hydrogens is 348 g/mol. The summed E-state index contributed by atoms with van der Waals surface area (Å²) in [7, 11) is 0. The van der Waals surface area contributed by atoms with E-state index in [1.54, 1.807) is 23.2 Å². The molecule has 6 nitrogen and oxygen atoms in total. The average Bonchev–Trinajstić information content (AvgIpc) is 3.28. The number of thiazole rings is 1. The van der Waals surface area contributed by atoms with Crippen LogP contribution < -0.4 is 10.6 Å². The minimum atomic E-state index is -0.221. The molecule has 1 fully saturated rings. The van der Waals surface area contributed by atoms with Crippen LogP contribution in [0, 0.1) is 0 Å². The second kappa shape index (κ2) is 7.45. The largest absolute Gasteiger partial charge is 0.325 e. The number of nitrogens with zero attached hydrogens (tertiary/aromatic N) is 2. The van der Waals surface area contributed by atoms with Crippen LogP contribution in [-0.4, -0.2) is 34.9 Å². The van der Waals surface area contributed by atoms with Gasteiger partial charge in [-0.05, 0) is 25.0 Å². The number of carbonyl (C=O) groups is 2. The lowest BCUT2D eigenvalue weighted by molar-refractivity contribution is 0.103. The molecular formula is C19H24N4O2S. The fourth-order valence-corrected chi connectivity index (χ4v) is 3.59. The Bertz CT molecular complexity index is 804. The number of para-hydroxylation sites is 2. The summed E-state index contributed by atoms with van der Waals surface area (Å²) in [5.74, 6) is -0.221. The zero-order valence-corrected chi connectivity index (χ0v) is 16.2. The lowest BCUT2D eigenvalue weighted by Crippen LogP contribution is -2.32. The summed E-state index contributed by atoms with van der Waals surface area (Å²) in [6.45, 7) is 7.75. The summed E-state index contributed by atoms with van der Waals surface area (Å²) >= 11 is 1.39. The van der Waals surface area contributed by atoms with Gasteiger partial charge >= 0.3 is 6.03 Å². The molecule has 1 aromatic heterocycles. The molecule has 0 atom stereocenters. The van der Waals surface area contributed by atoms with E-state index in [9.17, 15) is 9.59 Å². The van der Waals surface area contributed by atoms with Crippen LogP contribution in [0.3, 0.4) is 0 Å². The third kappa shape index (κ3) is 4.22. The summed E-state index contributed by atoms with van der Waals surface area (Å²) < 4.78 is 0. The van der Waals surface area contributed by atoms with Crippen molar-refractivity contribution in [2.45, 2.75) is 39.0 Å². The van der Waals surface area contributed by atoms with Crippen molar-refractivity contribution in [1.29, 1.82) is 0 Å². The van der Waals surface area contributed by atoms with E-state index in [1.165, 1.54) is 11.3 Å². The van der Waals surface area contributed by atoms with E-state index in [2.05, 4.69) is 36.4 Å². The molecule has 138 valence electrons. The first-order valence-electron chi connectivity index (χ1n) is 8.77. The zero-order valence-electron chi connectivity index (χ0n) is 15.3. The normalized spacial score (nSPS) is 14.3. The second-order valence-corrected chi connectivity index (χ2v) is 8.43. The first-order valence-corrected chi connectivity index (χ1v) is 9.59. The lowest BCUT2D eigenvalue weighted by Gasteiger charge is -2.18. The Hall–Kier alpha value is -2.41. The van der Waals surface area contributed by atoms with Crippen molar-refractivity contribution >= 4 is 34.6 Å². The van der Waals surface area contributed by atoms with E-state index in [1.807, 2.05) is 12.1 Å². The molecule has 7 heteroatoms. The molecule has 1 aromatic carbocycles. The smallest absolute Gasteiger partial charge is 0.321 e. The van der Waals surface area contributed by atoms with Gasteiger partial charge in [-0.1, -0.05) is 32.9 Å². The quantitative estimate of drug-likeness (QED) is 0.842. The van der Waals surface area contributed by atoms with Crippen molar-refractivity contribution in [3.63, 3.8) is 0 Å². The fraction of sp³-hybridized carbons (Fsp3) is 0.421. The summed E-state index contributed by atoms with van der Waals surface area (Å²) in [5, 5.41) is 6.70. The second-order valence-electron chi connectivity index (χ2n) is 7.40. The van der Waals surface area contributed by atoms with E-state index in [0.29, 0.717) is 16.3 Å². The van der Waals surface area contributed by atoms with Crippen LogP contribution in [0.5, 0.6) is 0 Å². The zero-order chi connectivity index (χ0) is 18.7. The molecule has 0 spiro atoms. The Kier molecular flexibility index (Phi) is 5.27. The first kappa shape index (κ1) is 18.4. The predicted molar refractivity (Wildman–Crippen MR) is 105 cm³/mol. The summed E-state index contributed by atoms with van der Waals surface area (Å²) in [4.78, 5) is 31.6. The van der Waals surface area contributed by atoms with Gasteiger partial charge in [0.1, 0.15) is 4.88 Å². The number of likely N-dealkylation sites (tertiary alicyclic amines) is 1. The van der Waals surface area contributed by atoms with Gasteiger partial charge in [0.2, 0.25) is 0 Å². The molecule has 1 saturated heterocycles. The maximum absolute atomic E-state index is 12.6. The molecule has 0 unspecified atom stereocenters. The van der Waals surface area contributed by atoms with Gasteiger partial charge in [-0.2, -0.15) is 0 Å². The Morgan fingerprint density at radius 1 is 1.08 bits per heavy atom. The highest BCUT2D eigenvalue weighted by Crippen LogP contribution is 2.28. The Morgan fingerprint density at radius 2 is 1.69 bits per heavy atom. The molecule has 0 aliphatic carbocycles. The van der Waals surface area contributed by atoms with Crippen LogP contribution in [-0.2, 0) is 5.41 Å².